The van der Waals surface area contributed by atoms with Gasteiger partial charge >= 0.3 is 0 Å². The lowest BCUT2D eigenvalue weighted by Gasteiger charge is -2.15. The van der Waals surface area contributed by atoms with Gasteiger partial charge in [-0.15, -0.1) is 10.2 Å². The molecule has 3 heterocycles. The Labute approximate surface area is 176 Å². The van der Waals surface area contributed by atoms with E-state index in [0.717, 1.165) is 35.1 Å². The second-order valence-corrected chi connectivity index (χ2v) is 7.96. The smallest absolute Gasteiger partial charge is 0.277 e. The van der Waals surface area contributed by atoms with Crippen molar-refractivity contribution >= 4 is 40.0 Å². The van der Waals surface area contributed by atoms with Gasteiger partial charge in [0.05, 0.1) is 11.3 Å². The van der Waals surface area contributed by atoms with Crippen molar-refractivity contribution in [3.8, 4) is 11.5 Å². The molecule has 5 rings (SSSR count). The molecule has 0 saturated carbocycles. The fourth-order valence-electron chi connectivity index (χ4n) is 3.58. The molecule has 1 fully saturated rings. The number of rotatable bonds is 6. The Balaban J connectivity index is 1.24. The van der Waals surface area contributed by atoms with Gasteiger partial charge in [-0.2, -0.15) is 0 Å². The quantitative estimate of drug-likeness (QED) is 0.370. The van der Waals surface area contributed by atoms with E-state index in [2.05, 4.69) is 15.2 Å². The van der Waals surface area contributed by atoms with Gasteiger partial charge in [0.25, 0.3) is 11.1 Å². The Morgan fingerprint density at radius 2 is 1.97 bits per heavy atom. The number of amides is 1. The van der Waals surface area contributed by atoms with Crippen LogP contribution in [0.25, 0.3) is 22.4 Å². The van der Waals surface area contributed by atoms with E-state index in [-0.39, 0.29) is 17.4 Å². The Kier molecular flexibility index (Phi) is 4.84. The van der Waals surface area contributed by atoms with Gasteiger partial charge in [0.15, 0.2) is 5.78 Å². The monoisotopic (exact) mass is 418 g/mol. The van der Waals surface area contributed by atoms with Crippen molar-refractivity contribution in [2.24, 2.45) is 0 Å². The molecule has 1 saturated heterocycles. The van der Waals surface area contributed by atoms with Gasteiger partial charge in [0, 0.05) is 41.3 Å². The summed E-state index contributed by atoms with van der Waals surface area (Å²) >= 11 is 1.21. The van der Waals surface area contributed by atoms with E-state index >= 15 is 0 Å². The molecule has 0 atom stereocenters. The number of aromatic amines is 1. The number of hydrogen-bond donors (Lipinski definition) is 1. The minimum atomic E-state index is -0.0360. The Bertz CT molecular complexity index is 1230. The maximum Gasteiger partial charge on any atom is 0.277 e. The zero-order valence-electron chi connectivity index (χ0n) is 16.0. The van der Waals surface area contributed by atoms with Gasteiger partial charge in [0.2, 0.25) is 5.91 Å². The van der Waals surface area contributed by atoms with Crippen molar-refractivity contribution in [3.63, 3.8) is 0 Å². The van der Waals surface area contributed by atoms with Gasteiger partial charge in [-0.1, -0.05) is 30.0 Å². The Morgan fingerprint density at radius 3 is 2.77 bits per heavy atom. The number of thioether (sulfide) groups is 1. The van der Waals surface area contributed by atoms with Gasteiger partial charge in [-0.25, -0.2) is 0 Å². The van der Waals surface area contributed by atoms with Gasteiger partial charge in [-0.3, -0.25) is 9.59 Å². The molecule has 2 aromatic heterocycles. The molecule has 0 unspecified atom stereocenters. The Hall–Kier alpha value is -3.39. The normalized spacial score (nSPS) is 14.0. The fourth-order valence-corrected chi connectivity index (χ4v) is 4.24. The summed E-state index contributed by atoms with van der Waals surface area (Å²) < 4.78 is 5.75. The number of hydrogen-bond acceptors (Lipinski definition) is 6. The lowest BCUT2D eigenvalue weighted by Crippen LogP contribution is -2.23. The topological polar surface area (TPSA) is 92.1 Å². The summed E-state index contributed by atoms with van der Waals surface area (Å²) in [5, 5.41) is 9.53. The van der Waals surface area contributed by atoms with Gasteiger partial charge in [0.1, 0.15) is 0 Å². The van der Waals surface area contributed by atoms with Crippen molar-refractivity contribution in [2.75, 3.05) is 17.2 Å². The number of ketones is 1. The second kappa shape index (κ2) is 7.79. The predicted molar refractivity (Wildman–Crippen MR) is 115 cm³/mol. The number of fused-ring (bicyclic) bond motifs is 1. The summed E-state index contributed by atoms with van der Waals surface area (Å²) in [4.78, 5) is 29.3. The molecule has 0 bridgehead atoms. The Morgan fingerprint density at radius 1 is 1.13 bits per heavy atom. The summed E-state index contributed by atoms with van der Waals surface area (Å²) in [6.07, 6.45) is 3.30. The van der Waals surface area contributed by atoms with E-state index in [0.29, 0.717) is 23.1 Å². The number of H-pyrrole nitrogens is 1. The minimum absolute atomic E-state index is 0.0360. The first-order chi connectivity index (χ1) is 14.7. The van der Waals surface area contributed by atoms with Crippen LogP contribution in [0.15, 0.2) is 64.4 Å². The number of para-hydroxylation sites is 1. The molecule has 7 nitrogen and oxygen atoms in total. The van der Waals surface area contributed by atoms with Crippen LogP contribution in [0.3, 0.4) is 0 Å². The lowest BCUT2D eigenvalue weighted by molar-refractivity contribution is -0.117. The van der Waals surface area contributed by atoms with Gasteiger partial charge in [-0.05, 0) is 36.8 Å². The highest BCUT2D eigenvalue weighted by Crippen LogP contribution is 2.30. The molecule has 8 heteroatoms. The number of anilines is 1. The van der Waals surface area contributed by atoms with E-state index < -0.39 is 0 Å². The largest absolute Gasteiger partial charge is 0.411 e. The standard InChI is InChI=1S/C22H18N4O3S/c27-19(14-7-9-15(10-8-14)26-11-3-6-20(26)28)13-30-22-25-24-21(29-22)17-12-23-18-5-2-1-4-16(17)18/h1-2,4-5,7-10,12,23H,3,6,11,13H2. The third-order valence-corrected chi connectivity index (χ3v) is 5.95. The number of Topliss-reactive ketones (excluding diaryl/α,β-unsaturated/α-hetero) is 1. The van der Waals surface area contributed by atoms with Crippen molar-refractivity contribution in [1.29, 1.82) is 0 Å². The number of carbonyl (C=O) groups is 2. The number of carbonyl (C=O) groups excluding carboxylic acids is 2. The summed E-state index contributed by atoms with van der Waals surface area (Å²) in [6, 6.07) is 15.0. The highest BCUT2D eigenvalue weighted by molar-refractivity contribution is 7.99. The zero-order valence-corrected chi connectivity index (χ0v) is 16.8. The molecule has 0 spiro atoms. The molecule has 0 radical (unpaired) electrons. The summed E-state index contributed by atoms with van der Waals surface area (Å²) in [5.41, 5.74) is 3.26. The van der Waals surface area contributed by atoms with Crippen LogP contribution in [0.5, 0.6) is 0 Å². The van der Waals surface area contributed by atoms with Crippen molar-refractivity contribution in [1.82, 2.24) is 15.2 Å². The second-order valence-electron chi connectivity index (χ2n) is 7.03. The zero-order chi connectivity index (χ0) is 20.5. The van der Waals surface area contributed by atoms with Crippen molar-refractivity contribution < 1.29 is 14.0 Å². The lowest BCUT2D eigenvalue weighted by atomic mass is 10.1. The van der Waals surface area contributed by atoms with Crippen LogP contribution in [0.4, 0.5) is 5.69 Å². The first kappa shape index (κ1) is 18.6. The molecule has 150 valence electrons. The molecule has 2 aromatic carbocycles. The molecule has 0 aliphatic carbocycles. The molecule has 30 heavy (non-hydrogen) atoms. The molecule has 1 amide bonds. The average Bonchev–Trinajstić information content (AvgIpc) is 3.51. The van der Waals surface area contributed by atoms with Crippen LogP contribution >= 0.6 is 11.8 Å². The number of benzene rings is 2. The molecule has 4 aromatic rings. The molecular weight excluding hydrogens is 400 g/mol. The van der Waals surface area contributed by atoms with Crippen LogP contribution < -0.4 is 4.90 Å². The average molecular weight is 418 g/mol. The SMILES string of the molecule is O=C(CSc1nnc(-c2c[nH]c3ccccc23)o1)c1ccc(N2CCCC2=O)cc1. The predicted octanol–water partition coefficient (Wildman–Crippen LogP) is 4.32. The first-order valence-electron chi connectivity index (χ1n) is 9.65. The third kappa shape index (κ3) is 3.50. The molecular formula is C22H18N4O3S. The van der Waals surface area contributed by atoms with Crippen molar-refractivity contribution in [3.05, 3.63) is 60.3 Å². The van der Waals surface area contributed by atoms with Crippen LogP contribution in [0.2, 0.25) is 0 Å². The highest BCUT2D eigenvalue weighted by Gasteiger charge is 2.22. The molecule has 1 aliphatic rings. The summed E-state index contributed by atoms with van der Waals surface area (Å²) in [7, 11) is 0. The number of nitrogens with zero attached hydrogens (tertiary/aromatic N) is 3. The van der Waals surface area contributed by atoms with Gasteiger partial charge < -0.3 is 14.3 Å². The number of nitrogens with one attached hydrogen (secondary N) is 1. The maximum absolute atomic E-state index is 12.5. The van der Waals surface area contributed by atoms with Crippen LogP contribution in [0.1, 0.15) is 23.2 Å². The van der Waals surface area contributed by atoms with Crippen LogP contribution in [-0.4, -0.2) is 39.2 Å². The summed E-state index contributed by atoms with van der Waals surface area (Å²) in [5.74, 6) is 0.706. The van der Waals surface area contributed by atoms with E-state index in [9.17, 15) is 9.59 Å². The van der Waals surface area contributed by atoms with Crippen LogP contribution in [-0.2, 0) is 4.79 Å². The van der Waals surface area contributed by atoms with Crippen molar-refractivity contribution in [2.45, 2.75) is 18.1 Å². The molecule has 1 aliphatic heterocycles. The number of aromatic nitrogens is 3. The molecule has 1 N–H and O–H groups in total. The van der Waals surface area contributed by atoms with Crippen LogP contribution in [0, 0.1) is 0 Å². The summed E-state index contributed by atoms with van der Waals surface area (Å²) in [6.45, 7) is 0.734. The van der Waals surface area contributed by atoms with E-state index in [4.69, 9.17) is 4.42 Å². The first-order valence-corrected chi connectivity index (χ1v) is 10.6. The minimum Gasteiger partial charge on any atom is -0.411 e. The van der Waals surface area contributed by atoms with E-state index in [1.54, 1.807) is 17.0 Å². The van der Waals surface area contributed by atoms with E-state index in [1.807, 2.05) is 42.6 Å². The maximum atomic E-state index is 12.5. The van der Waals surface area contributed by atoms with E-state index in [1.165, 1.54) is 11.8 Å². The third-order valence-electron chi connectivity index (χ3n) is 5.13. The fraction of sp³-hybridized carbons (Fsp3) is 0.182. The highest BCUT2D eigenvalue weighted by atomic mass is 32.2.